The number of carbonyl (C=O) groups excluding carboxylic acids is 1. The van der Waals surface area contributed by atoms with Crippen molar-refractivity contribution in [3.8, 4) is 28.4 Å². The lowest BCUT2D eigenvalue weighted by Gasteiger charge is -2.21. The van der Waals surface area contributed by atoms with Gasteiger partial charge in [0.05, 0.1) is 25.4 Å². The molecule has 0 spiro atoms. The third-order valence-electron chi connectivity index (χ3n) is 13.2. The first kappa shape index (κ1) is 51.9. The van der Waals surface area contributed by atoms with Crippen molar-refractivity contribution in [2.45, 2.75) is 146 Å². The summed E-state index contributed by atoms with van der Waals surface area (Å²) in [4.78, 5) is 26.2. The number of carboxylic acid groups (broad SMARTS) is 1. The highest BCUT2D eigenvalue weighted by Gasteiger charge is 2.22. The summed E-state index contributed by atoms with van der Waals surface area (Å²) >= 11 is 0. The maximum atomic E-state index is 14.5. The molecule has 0 saturated heterocycles. The van der Waals surface area contributed by atoms with Gasteiger partial charge in [-0.3, -0.25) is 4.79 Å². The number of ether oxygens (including phenoxy) is 3. The molecule has 2 N–H and O–H groups in total. The third kappa shape index (κ3) is 15.8. The number of rotatable bonds is 29. The number of aromatic carboxylic acids is 1. The molecule has 0 aliphatic carbocycles. The van der Waals surface area contributed by atoms with Crippen LogP contribution in [-0.2, 0) is 6.54 Å². The summed E-state index contributed by atoms with van der Waals surface area (Å²) in [5.74, 6) is 4.17. The highest BCUT2D eigenvalue weighted by molar-refractivity contribution is 6.15. The molecule has 7 heteroatoms. The van der Waals surface area contributed by atoms with Gasteiger partial charge in [-0.25, -0.2) is 4.79 Å². The van der Waals surface area contributed by atoms with E-state index in [1.807, 2.05) is 48.5 Å². The normalized spacial score (nSPS) is 13.1. The maximum absolute atomic E-state index is 14.5. The van der Waals surface area contributed by atoms with Crippen molar-refractivity contribution in [2.75, 3.05) is 19.8 Å². The maximum Gasteiger partial charge on any atom is 0.335 e. The highest BCUT2D eigenvalue weighted by Crippen LogP contribution is 2.42. The van der Waals surface area contributed by atoms with Crippen LogP contribution in [0, 0.1) is 35.5 Å². The monoisotopic (exact) mass is 900 g/mol. The van der Waals surface area contributed by atoms with Crippen LogP contribution in [0.15, 0.2) is 84.9 Å². The third-order valence-corrected chi connectivity index (χ3v) is 13.2. The van der Waals surface area contributed by atoms with E-state index in [1.165, 1.54) is 44.9 Å². The molecule has 0 fully saturated rings. The van der Waals surface area contributed by atoms with Crippen molar-refractivity contribution in [3.05, 3.63) is 102 Å². The second-order valence-corrected chi connectivity index (χ2v) is 20.5. The predicted molar refractivity (Wildman–Crippen MR) is 275 cm³/mol. The molecule has 0 heterocycles. The van der Waals surface area contributed by atoms with Gasteiger partial charge in [-0.05, 0) is 117 Å². The number of hydrogen-bond acceptors (Lipinski definition) is 5. The Morgan fingerprint density at radius 2 is 0.909 bits per heavy atom. The summed E-state index contributed by atoms with van der Waals surface area (Å²) in [6.45, 7) is 22.5. The molecule has 0 unspecified atom stereocenters. The lowest BCUT2D eigenvalue weighted by Crippen LogP contribution is -2.23. The molecule has 0 aliphatic rings. The molecule has 358 valence electrons. The molecule has 0 radical (unpaired) electrons. The molecule has 7 nitrogen and oxygen atoms in total. The van der Waals surface area contributed by atoms with E-state index in [9.17, 15) is 14.7 Å². The first-order valence-electron chi connectivity index (χ1n) is 25.3. The average Bonchev–Trinajstić information content (AvgIpc) is 3.28. The Kier molecular flexibility index (Phi) is 20.7. The molecule has 5 aromatic carbocycles. The summed E-state index contributed by atoms with van der Waals surface area (Å²) in [6.07, 6.45) is 13.6. The van der Waals surface area contributed by atoms with E-state index < -0.39 is 5.97 Å². The quantitative estimate of drug-likeness (QED) is 0.0464. The minimum atomic E-state index is -0.955. The summed E-state index contributed by atoms with van der Waals surface area (Å²) < 4.78 is 20.0. The number of nitrogens with one attached hydrogen (secondary N) is 1. The zero-order valence-electron chi connectivity index (χ0n) is 41.8. The molecule has 5 rings (SSSR count). The van der Waals surface area contributed by atoms with Crippen molar-refractivity contribution in [1.29, 1.82) is 0 Å². The van der Waals surface area contributed by atoms with Crippen LogP contribution in [0.4, 0.5) is 0 Å². The molecule has 5 aromatic rings. The molecule has 0 aliphatic heterocycles. The smallest absolute Gasteiger partial charge is 0.335 e. The second kappa shape index (κ2) is 26.3. The van der Waals surface area contributed by atoms with E-state index in [1.54, 1.807) is 12.1 Å². The van der Waals surface area contributed by atoms with Gasteiger partial charge in [0.1, 0.15) is 0 Å². The zero-order valence-corrected chi connectivity index (χ0v) is 41.8. The lowest BCUT2D eigenvalue weighted by atomic mass is 9.88. The predicted octanol–water partition coefficient (Wildman–Crippen LogP) is 16.0. The van der Waals surface area contributed by atoms with Gasteiger partial charge in [0.15, 0.2) is 11.5 Å². The first-order chi connectivity index (χ1) is 31.7. The number of fused-ring (bicyclic) bond motifs is 2. The zero-order chi connectivity index (χ0) is 47.6. The Bertz CT molecular complexity index is 2170. The molecule has 3 atom stereocenters. The Hall–Kier alpha value is -5.04. The van der Waals surface area contributed by atoms with Gasteiger partial charge in [-0.15, -0.1) is 0 Å². The largest absolute Gasteiger partial charge is 0.490 e. The van der Waals surface area contributed by atoms with Crippen LogP contribution >= 0.6 is 0 Å². The summed E-state index contributed by atoms with van der Waals surface area (Å²) in [7, 11) is 0. The van der Waals surface area contributed by atoms with Crippen LogP contribution in [0.5, 0.6) is 17.2 Å². The van der Waals surface area contributed by atoms with E-state index in [4.69, 9.17) is 14.2 Å². The van der Waals surface area contributed by atoms with Gasteiger partial charge in [0, 0.05) is 12.1 Å². The minimum Gasteiger partial charge on any atom is -0.490 e. The Morgan fingerprint density at radius 1 is 0.500 bits per heavy atom. The summed E-state index contributed by atoms with van der Waals surface area (Å²) in [6, 6.07) is 27.2. The standard InChI is InChI=1S/C59H81NO6/c1-40(2)17-14-20-43(7)31-34-64-54-37-48(38-55(65-35-32-44(8)21-15-18-41(3)4)57(54)66-36-33-45(9)22-16-19-42(5)6)58(61)60-39-53-49-23-10-12-25-51(49)56(52-26-13-11-24-50(52)53)46-27-29-47(30-28-46)59(62)63/h10-13,23-30,37-38,40-45H,14-22,31-36,39H2,1-9H3,(H,60,61)(H,62,63)/t43-,44-,45-/m0/s1. The van der Waals surface area contributed by atoms with Crippen molar-refractivity contribution in [2.24, 2.45) is 35.5 Å². The second-order valence-electron chi connectivity index (χ2n) is 20.5. The molecular formula is C59H81NO6. The van der Waals surface area contributed by atoms with Crippen molar-refractivity contribution in [1.82, 2.24) is 5.32 Å². The van der Waals surface area contributed by atoms with Gasteiger partial charge in [-0.2, -0.15) is 0 Å². The first-order valence-corrected chi connectivity index (χ1v) is 25.3. The molecule has 0 aromatic heterocycles. The fraction of sp³-hybridized carbons (Fsp3) is 0.525. The molecule has 66 heavy (non-hydrogen) atoms. The van der Waals surface area contributed by atoms with E-state index in [-0.39, 0.29) is 11.5 Å². The molecule has 0 saturated carbocycles. The van der Waals surface area contributed by atoms with Crippen molar-refractivity contribution < 1.29 is 28.9 Å². The van der Waals surface area contributed by atoms with Crippen molar-refractivity contribution in [3.63, 3.8) is 0 Å². The van der Waals surface area contributed by atoms with Gasteiger partial charge < -0.3 is 24.6 Å². The van der Waals surface area contributed by atoms with E-state index >= 15 is 0 Å². The van der Waals surface area contributed by atoms with Crippen LogP contribution in [0.2, 0.25) is 0 Å². The molecule has 1 amide bonds. The number of carboxylic acids is 1. The highest BCUT2D eigenvalue weighted by atomic mass is 16.5. The van der Waals surface area contributed by atoms with E-state index in [0.29, 0.717) is 84.7 Å². The van der Waals surface area contributed by atoms with Gasteiger partial charge in [-0.1, -0.05) is 181 Å². The van der Waals surface area contributed by atoms with Crippen LogP contribution in [0.1, 0.15) is 166 Å². The van der Waals surface area contributed by atoms with Gasteiger partial charge in [0.2, 0.25) is 5.75 Å². The number of carbonyl (C=O) groups is 2. The van der Waals surface area contributed by atoms with Crippen molar-refractivity contribution >= 4 is 33.4 Å². The van der Waals surface area contributed by atoms with Gasteiger partial charge in [0.25, 0.3) is 5.91 Å². The fourth-order valence-corrected chi connectivity index (χ4v) is 8.99. The summed E-state index contributed by atoms with van der Waals surface area (Å²) in [5, 5.41) is 17.0. The number of amides is 1. The fourth-order valence-electron chi connectivity index (χ4n) is 8.99. The Balaban J connectivity index is 1.46. The molecule has 0 bridgehead atoms. The van der Waals surface area contributed by atoms with Crippen LogP contribution in [0.3, 0.4) is 0 Å². The lowest BCUT2D eigenvalue weighted by molar-refractivity contribution is 0.0696. The Labute approximate surface area is 397 Å². The topological polar surface area (TPSA) is 94.1 Å². The van der Waals surface area contributed by atoms with E-state index in [2.05, 4.69) is 91.9 Å². The van der Waals surface area contributed by atoms with Gasteiger partial charge >= 0.3 is 5.97 Å². The number of hydrogen-bond donors (Lipinski definition) is 2. The number of benzene rings is 5. The van der Waals surface area contributed by atoms with Crippen LogP contribution in [-0.4, -0.2) is 36.8 Å². The Morgan fingerprint density at radius 3 is 1.32 bits per heavy atom. The SMILES string of the molecule is CC(C)CCC[C@H](C)CCOc1cc(C(=O)NCc2c3ccccc3c(-c3ccc(C(=O)O)cc3)c3ccccc23)cc(OCC[C@@H](C)CCCC(C)C)c1OCC[C@@H](C)CCCC(C)C. The minimum absolute atomic E-state index is 0.222. The van der Waals surface area contributed by atoms with Crippen LogP contribution in [0.25, 0.3) is 32.7 Å². The average molecular weight is 900 g/mol. The van der Waals surface area contributed by atoms with Crippen LogP contribution < -0.4 is 19.5 Å². The van der Waals surface area contributed by atoms with E-state index in [0.717, 1.165) is 70.3 Å². The summed E-state index contributed by atoms with van der Waals surface area (Å²) in [5.41, 5.74) is 3.68. The molecular weight excluding hydrogens is 819 g/mol.